The van der Waals surface area contributed by atoms with E-state index >= 15 is 0 Å². The first-order valence-corrected chi connectivity index (χ1v) is 10.2. The van der Waals surface area contributed by atoms with Crippen LogP contribution in [-0.2, 0) is 6.42 Å². The van der Waals surface area contributed by atoms with E-state index in [2.05, 4.69) is 31.7 Å². The molecule has 0 saturated carbocycles. The van der Waals surface area contributed by atoms with Crippen molar-refractivity contribution in [1.82, 2.24) is 34.7 Å². The van der Waals surface area contributed by atoms with Crippen molar-refractivity contribution >= 4 is 23.1 Å². The van der Waals surface area contributed by atoms with E-state index in [-0.39, 0.29) is 12.1 Å². The number of anilines is 1. The Morgan fingerprint density at radius 1 is 1.14 bits per heavy atom. The fraction of sp³-hybridized carbons (Fsp3) is 0.450. The van der Waals surface area contributed by atoms with E-state index in [1.807, 2.05) is 29.4 Å². The fourth-order valence-electron chi connectivity index (χ4n) is 4.69. The predicted octanol–water partition coefficient (Wildman–Crippen LogP) is 1.61. The minimum atomic E-state index is 0.0352. The van der Waals surface area contributed by atoms with Gasteiger partial charge in [0, 0.05) is 56.6 Å². The molecule has 3 aromatic heterocycles. The molecule has 2 fully saturated rings. The van der Waals surface area contributed by atoms with Gasteiger partial charge in [0.2, 0.25) is 5.95 Å². The number of nitrogens with zero attached hydrogens (tertiary/aromatic N) is 7. The number of hydrogen-bond donors (Lipinski definition) is 1. The molecule has 1 N–H and O–H groups in total. The van der Waals surface area contributed by atoms with Crippen LogP contribution in [0.5, 0.6) is 0 Å². The molecule has 3 aliphatic heterocycles. The Bertz CT molecular complexity index is 1110. The van der Waals surface area contributed by atoms with Crippen LogP contribution in [0.1, 0.15) is 25.2 Å². The summed E-state index contributed by atoms with van der Waals surface area (Å²) in [4.78, 5) is 34.6. The summed E-state index contributed by atoms with van der Waals surface area (Å²) in [5, 5.41) is 2.90. The number of pyridine rings is 1. The lowest BCUT2D eigenvalue weighted by molar-refractivity contribution is 0.197. The molecule has 2 amide bonds. The summed E-state index contributed by atoms with van der Waals surface area (Å²) in [7, 11) is 0. The third-order valence-corrected chi connectivity index (χ3v) is 6.29. The zero-order valence-electron chi connectivity index (χ0n) is 16.2. The van der Waals surface area contributed by atoms with Gasteiger partial charge in [-0.3, -0.25) is 0 Å². The van der Waals surface area contributed by atoms with Crippen molar-refractivity contribution < 1.29 is 4.79 Å². The summed E-state index contributed by atoms with van der Waals surface area (Å²) >= 11 is 0. The molecule has 0 aliphatic carbocycles. The van der Waals surface area contributed by atoms with Crippen molar-refractivity contribution in [1.29, 1.82) is 0 Å². The average molecular weight is 390 g/mol. The molecule has 2 saturated heterocycles. The number of hydrogen-bond acceptors (Lipinski definition) is 6. The van der Waals surface area contributed by atoms with Gasteiger partial charge in [0.05, 0.1) is 11.7 Å². The van der Waals surface area contributed by atoms with E-state index in [1.165, 1.54) is 0 Å². The van der Waals surface area contributed by atoms with Gasteiger partial charge in [-0.05, 0) is 25.5 Å². The maximum absolute atomic E-state index is 11.8. The lowest BCUT2D eigenvalue weighted by atomic mass is 10.2. The van der Waals surface area contributed by atoms with Gasteiger partial charge in [-0.25, -0.2) is 24.7 Å². The van der Waals surface area contributed by atoms with E-state index in [4.69, 9.17) is 9.97 Å². The number of carbonyl (C=O) groups excluding carboxylic acids is 1. The van der Waals surface area contributed by atoms with Gasteiger partial charge in [-0.15, -0.1) is 0 Å². The van der Waals surface area contributed by atoms with Crippen molar-refractivity contribution in [3.63, 3.8) is 0 Å². The zero-order chi connectivity index (χ0) is 19.5. The Morgan fingerprint density at radius 3 is 2.86 bits per heavy atom. The summed E-state index contributed by atoms with van der Waals surface area (Å²) in [5.74, 6) is 1.83. The Labute approximate surface area is 167 Å². The second-order valence-corrected chi connectivity index (χ2v) is 8.08. The highest BCUT2D eigenvalue weighted by Gasteiger charge is 2.36. The first kappa shape index (κ1) is 16.7. The highest BCUT2D eigenvalue weighted by Crippen LogP contribution is 2.31. The summed E-state index contributed by atoms with van der Waals surface area (Å²) in [5.41, 5.74) is 3.65. The van der Waals surface area contributed by atoms with Gasteiger partial charge in [0.25, 0.3) is 0 Å². The van der Waals surface area contributed by atoms with Crippen molar-refractivity contribution in [3.05, 3.63) is 30.4 Å². The Balaban J connectivity index is 1.27. The molecular weight excluding hydrogens is 368 g/mol. The van der Waals surface area contributed by atoms with Crippen molar-refractivity contribution in [3.8, 4) is 11.3 Å². The summed E-state index contributed by atoms with van der Waals surface area (Å²) in [6, 6.07) is 4.69. The van der Waals surface area contributed by atoms with Crippen LogP contribution in [0.25, 0.3) is 22.4 Å². The molecule has 9 heteroatoms. The summed E-state index contributed by atoms with van der Waals surface area (Å²) in [6.45, 7) is 5.10. The van der Waals surface area contributed by atoms with Gasteiger partial charge in [-0.1, -0.05) is 0 Å². The number of aromatic nitrogens is 5. The Kier molecular flexibility index (Phi) is 3.53. The normalized spacial score (nSPS) is 23.4. The molecule has 0 aromatic carbocycles. The number of urea groups is 1. The van der Waals surface area contributed by atoms with E-state index in [0.717, 1.165) is 54.2 Å². The number of imidazole rings is 1. The van der Waals surface area contributed by atoms with Crippen LogP contribution in [0.4, 0.5) is 10.7 Å². The van der Waals surface area contributed by atoms with Crippen LogP contribution in [0.15, 0.2) is 24.5 Å². The number of carbonyl (C=O) groups is 1. The quantitative estimate of drug-likeness (QED) is 0.715. The predicted molar refractivity (Wildman–Crippen MR) is 108 cm³/mol. The number of aryl methyl sites for hydroxylation is 1. The van der Waals surface area contributed by atoms with Gasteiger partial charge in [0.1, 0.15) is 11.3 Å². The standard InChI is InChI=1S/C20H22N8O/c1-12-2-5-17-24-16-4-3-15(25-18(16)28(12)17)13-8-21-19(22-9-13)26-6-7-27-14(11-26)10-23-20(27)29/h3-4,8-9,12,14H,2,5-7,10-11H2,1H3,(H,23,29)/t12-,14?/m0/s1. The minimum Gasteiger partial charge on any atom is -0.337 e. The lowest BCUT2D eigenvalue weighted by Gasteiger charge is -2.36. The molecule has 9 nitrogen and oxygen atoms in total. The van der Waals surface area contributed by atoms with Crippen LogP contribution in [0.2, 0.25) is 0 Å². The lowest BCUT2D eigenvalue weighted by Crippen LogP contribution is -2.52. The van der Waals surface area contributed by atoms with E-state index < -0.39 is 0 Å². The molecule has 3 aliphatic rings. The maximum atomic E-state index is 11.8. The Morgan fingerprint density at radius 2 is 2.00 bits per heavy atom. The summed E-state index contributed by atoms with van der Waals surface area (Å²) < 4.78 is 2.25. The van der Waals surface area contributed by atoms with Crippen LogP contribution in [0, 0.1) is 0 Å². The van der Waals surface area contributed by atoms with Gasteiger partial charge < -0.3 is 19.7 Å². The smallest absolute Gasteiger partial charge is 0.317 e. The molecule has 0 radical (unpaired) electrons. The van der Waals surface area contributed by atoms with Crippen LogP contribution >= 0.6 is 0 Å². The Hall–Kier alpha value is -3.23. The SMILES string of the molecule is C[C@H]1CCc2nc3ccc(-c4cnc(N5CCN6C(=O)NCC6C5)nc4)nc3n21. The number of rotatable bonds is 2. The summed E-state index contributed by atoms with van der Waals surface area (Å²) in [6.07, 6.45) is 5.81. The molecule has 3 aromatic rings. The van der Waals surface area contributed by atoms with E-state index in [0.29, 0.717) is 25.1 Å². The van der Waals surface area contributed by atoms with Gasteiger partial charge in [-0.2, -0.15) is 0 Å². The molecule has 6 heterocycles. The third kappa shape index (κ3) is 2.56. The first-order valence-electron chi connectivity index (χ1n) is 10.2. The van der Waals surface area contributed by atoms with Crippen molar-refractivity contribution in [2.45, 2.75) is 31.8 Å². The fourth-order valence-corrected chi connectivity index (χ4v) is 4.69. The van der Waals surface area contributed by atoms with E-state index in [9.17, 15) is 4.79 Å². The highest BCUT2D eigenvalue weighted by atomic mass is 16.2. The molecule has 0 spiro atoms. The monoisotopic (exact) mass is 390 g/mol. The van der Waals surface area contributed by atoms with Gasteiger partial charge in [0.15, 0.2) is 5.65 Å². The molecular formula is C20H22N8O. The zero-order valence-corrected chi connectivity index (χ0v) is 16.2. The number of nitrogens with one attached hydrogen (secondary N) is 1. The molecule has 6 rings (SSSR count). The average Bonchev–Trinajstić information content (AvgIpc) is 3.42. The van der Waals surface area contributed by atoms with Crippen LogP contribution < -0.4 is 10.2 Å². The van der Waals surface area contributed by atoms with Crippen LogP contribution in [-0.4, -0.2) is 67.7 Å². The topological polar surface area (TPSA) is 92.1 Å². The third-order valence-electron chi connectivity index (χ3n) is 6.29. The second kappa shape index (κ2) is 6.13. The largest absolute Gasteiger partial charge is 0.337 e. The van der Waals surface area contributed by atoms with Crippen molar-refractivity contribution in [2.75, 3.05) is 31.1 Å². The van der Waals surface area contributed by atoms with E-state index in [1.54, 1.807) is 0 Å². The number of amides is 2. The van der Waals surface area contributed by atoms with Crippen molar-refractivity contribution in [2.24, 2.45) is 0 Å². The van der Waals surface area contributed by atoms with Gasteiger partial charge >= 0.3 is 6.03 Å². The second-order valence-electron chi connectivity index (χ2n) is 8.08. The molecule has 148 valence electrons. The molecule has 2 atom stereocenters. The maximum Gasteiger partial charge on any atom is 0.317 e. The minimum absolute atomic E-state index is 0.0352. The number of piperazine rings is 1. The molecule has 0 bridgehead atoms. The first-order chi connectivity index (χ1) is 14.2. The number of fused-ring (bicyclic) bond motifs is 4. The highest BCUT2D eigenvalue weighted by molar-refractivity contribution is 5.78. The molecule has 29 heavy (non-hydrogen) atoms. The molecule has 1 unspecified atom stereocenters. The van der Waals surface area contributed by atoms with Crippen LogP contribution in [0.3, 0.4) is 0 Å².